The van der Waals surface area contributed by atoms with Gasteiger partial charge in [-0.05, 0) is 37.2 Å². The molecule has 0 aliphatic rings. The van der Waals surface area contributed by atoms with Crippen molar-refractivity contribution in [2.45, 2.75) is 18.2 Å². The fraction of sp³-hybridized carbons (Fsp3) is 0.200. The van der Waals surface area contributed by atoms with Gasteiger partial charge < -0.3 is 9.72 Å². The van der Waals surface area contributed by atoms with E-state index in [9.17, 15) is 18.0 Å². The molecule has 0 fully saturated rings. The first-order chi connectivity index (χ1) is 13.8. The Bertz CT molecular complexity index is 1200. The van der Waals surface area contributed by atoms with Crippen molar-refractivity contribution in [3.8, 4) is 0 Å². The minimum Gasteiger partial charge on any atom is -0.454 e. The molecular weight excluding hydrogens is 416 g/mol. The van der Waals surface area contributed by atoms with Crippen molar-refractivity contribution in [1.29, 1.82) is 0 Å². The fourth-order valence-electron chi connectivity index (χ4n) is 2.98. The summed E-state index contributed by atoms with van der Waals surface area (Å²) in [6.45, 7) is 1.55. The van der Waals surface area contributed by atoms with E-state index in [1.54, 1.807) is 6.20 Å². The van der Waals surface area contributed by atoms with Gasteiger partial charge in [-0.15, -0.1) is 0 Å². The Morgan fingerprint density at radius 1 is 1.21 bits per heavy atom. The minimum absolute atomic E-state index is 0.0248. The Kier molecular flexibility index (Phi) is 6.07. The number of para-hydroxylation sites is 1. The molecule has 9 heteroatoms. The predicted octanol–water partition coefficient (Wildman–Crippen LogP) is 3.33. The second kappa shape index (κ2) is 8.36. The standard InChI is InChI=1S/C20H19ClN2O5S/c1-3-12-5-4-6-14-15(10-23-19(12)14)17(24)11-28-20(25)13-7-8-16(21)18(9-13)29(26,27)22-2/h4-10,22-23H,3,11H2,1-2H3. The van der Waals surface area contributed by atoms with Crippen LogP contribution < -0.4 is 4.72 Å². The maximum atomic E-state index is 12.6. The summed E-state index contributed by atoms with van der Waals surface area (Å²) < 4.78 is 31.2. The highest BCUT2D eigenvalue weighted by Gasteiger charge is 2.20. The monoisotopic (exact) mass is 434 g/mol. The van der Waals surface area contributed by atoms with E-state index in [-0.39, 0.29) is 21.3 Å². The van der Waals surface area contributed by atoms with Gasteiger partial charge >= 0.3 is 5.97 Å². The third-order valence-electron chi connectivity index (χ3n) is 4.54. The lowest BCUT2D eigenvalue weighted by atomic mass is 10.1. The highest BCUT2D eigenvalue weighted by atomic mass is 35.5. The predicted molar refractivity (Wildman–Crippen MR) is 110 cm³/mol. The van der Waals surface area contributed by atoms with Crippen molar-refractivity contribution in [1.82, 2.24) is 9.71 Å². The van der Waals surface area contributed by atoms with Gasteiger partial charge in [0.1, 0.15) is 4.90 Å². The smallest absolute Gasteiger partial charge is 0.338 e. The summed E-state index contributed by atoms with van der Waals surface area (Å²) in [6.07, 6.45) is 2.41. The summed E-state index contributed by atoms with van der Waals surface area (Å²) in [5, 5.41) is 0.733. The molecule has 0 unspecified atom stereocenters. The molecule has 152 valence electrons. The van der Waals surface area contributed by atoms with Crippen LogP contribution in [0.25, 0.3) is 10.9 Å². The number of H-pyrrole nitrogens is 1. The van der Waals surface area contributed by atoms with E-state index in [1.807, 2.05) is 25.1 Å². The topological polar surface area (TPSA) is 105 Å². The second-order valence-corrected chi connectivity index (χ2v) is 8.51. The van der Waals surface area contributed by atoms with Crippen molar-refractivity contribution in [2.24, 2.45) is 0 Å². The molecule has 1 heterocycles. The lowest BCUT2D eigenvalue weighted by molar-refractivity contribution is 0.0475. The molecule has 2 N–H and O–H groups in total. The van der Waals surface area contributed by atoms with Crippen LogP contribution >= 0.6 is 11.6 Å². The molecule has 0 bridgehead atoms. The number of benzene rings is 2. The molecule has 29 heavy (non-hydrogen) atoms. The number of carbonyl (C=O) groups is 2. The van der Waals surface area contributed by atoms with Crippen molar-refractivity contribution >= 4 is 44.3 Å². The Hall–Kier alpha value is -2.68. The average molecular weight is 435 g/mol. The molecular formula is C20H19ClN2O5S. The first kappa shape index (κ1) is 21.0. The summed E-state index contributed by atoms with van der Waals surface area (Å²) in [6, 6.07) is 9.41. The van der Waals surface area contributed by atoms with E-state index in [1.165, 1.54) is 19.2 Å². The van der Waals surface area contributed by atoms with E-state index < -0.39 is 22.6 Å². The number of hydrogen-bond donors (Lipinski definition) is 2. The number of aromatic nitrogens is 1. The number of rotatable bonds is 7. The lowest BCUT2D eigenvalue weighted by Gasteiger charge is -2.08. The second-order valence-electron chi connectivity index (χ2n) is 6.25. The number of ketones is 1. The van der Waals surface area contributed by atoms with Gasteiger partial charge in [-0.1, -0.05) is 36.7 Å². The number of aromatic amines is 1. The highest BCUT2D eigenvalue weighted by Crippen LogP contribution is 2.24. The summed E-state index contributed by atoms with van der Waals surface area (Å²) in [4.78, 5) is 27.7. The molecule has 1 aromatic heterocycles. The molecule has 7 nitrogen and oxygen atoms in total. The number of Topliss-reactive ketones (excluding diaryl/α,β-unsaturated/α-hetero) is 1. The molecule has 0 saturated carbocycles. The molecule has 0 aliphatic heterocycles. The number of aryl methyl sites for hydroxylation is 1. The van der Waals surface area contributed by atoms with Gasteiger partial charge in [-0.3, -0.25) is 4.79 Å². The van der Waals surface area contributed by atoms with E-state index in [0.29, 0.717) is 5.56 Å². The van der Waals surface area contributed by atoms with Gasteiger partial charge in [-0.25, -0.2) is 17.9 Å². The Balaban J connectivity index is 1.78. The number of esters is 1. The zero-order chi connectivity index (χ0) is 21.2. The lowest BCUT2D eigenvalue weighted by Crippen LogP contribution is -2.20. The summed E-state index contributed by atoms with van der Waals surface area (Å²) >= 11 is 5.91. The first-order valence-electron chi connectivity index (χ1n) is 8.81. The SMILES string of the molecule is CCc1cccc2c(C(=O)COC(=O)c3ccc(Cl)c(S(=O)(=O)NC)c3)c[nH]c12. The third-order valence-corrected chi connectivity index (χ3v) is 6.44. The number of nitrogens with one attached hydrogen (secondary N) is 2. The van der Waals surface area contributed by atoms with Crippen molar-refractivity contribution < 1.29 is 22.7 Å². The van der Waals surface area contributed by atoms with Crippen LogP contribution in [-0.2, 0) is 21.2 Å². The van der Waals surface area contributed by atoms with Crippen LogP contribution in [0.5, 0.6) is 0 Å². The summed E-state index contributed by atoms with van der Waals surface area (Å²) in [5.74, 6) is -1.19. The summed E-state index contributed by atoms with van der Waals surface area (Å²) in [5.41, 5.74) is 2.36. The zero-order valence-electron chi connectivity index (χ0n) is 15.8. The van der Waals surface area contributed by atoms with Gasteiger partial charge in [0, 0.05) is 22.7 Å². The van der Waals surface area contributed by atoms with Gasteiger partial charge in [0.25, 0.3) is 0 Å². The number of hydrogen-bond acceptors (Lipinski definition) is 5. The molecule has 0 spiro atoms. The average Bonchev–Trinajstić information content (AvgIpc) is 3.16. The molecule has 2 aromatic carbocycles. The molecule has 0 saturated heterocycles. The minimum atomic E-state index is -3.84. The van der Waals surface area contributed by atoms with Crippen LogP contribution in [0.3, 0.4) is 0 Å². The molecule has 3 aromatic rings. The third kappa shape index (κ3) is 4.19. The molecule has 0 atom stereocenters. The van der Waals surface area contributed by atoms with Crippen molar-refractivity contribution in [3.05, 3.63) is 64.3 Å². The normalized spacial score (nSPS) is 11.6. The van der Waals surface area contributed by atoms with Crippen LogP contribution in [0.4, 0.5) is 0 Å². The van der Waals surface area contributed by atoms with Crippen molar-refractivity contribution in [2.75, 3.05) is 13.7 Å². The van der Waals surface area contributed by atoms with E-state index in [0.717, 1.165) is 29.0 Å². The Morgan fingerprint density at radius 2 is 1.97 bits per heavy atom. The molecule has 3 rings (SSSR count). The maximum absolute atomic E-state index is 12.6. The molecule has 0 radical (unpaired) electrons. The fourth-order valence-corrected chi connectivity index (χ4v) is 4.23. The zero-order valence-corrected chi connectivity index (χ0v) is 17.4. The Labute approximate surface area is 173 Å². The van der Waals surface area contributed by atoms with Gasteiger partial charge in [0.05, 0.1) is 10.6 Å². The number of sulfonamides is 1. The van der Waals surface area contributed by atoms with E-state index >= 15 is 0 Å². The maximum Gasteiger partial charge on any atom is 0.338 e. The van der Waals surface area contributed by atoms with Crippen LogP contribution in [0.15, 0.2) is 47.5 Å². The highest BCUT2D eigenvalue weighted by molar-refractivity contribution is 7.89. The molecule has 0 aliphatic carbocycles. The Morgan fingerprint density at radius 3 is 2.66 bits per heavy atom. The van der Waals surface area contributed by atoms with Crippen LogP contribution in [0.1, 0.15) is 33.2 Å². The van der Waals surface area contributed by atoms with Crippen LogP contribution in [-0.4, -0.2) is 38.8 Å². The summed E-state index contributed by atoms with van der Waals surface area (Å²) in [7, 11) is -2.61. The largest absolute Gasteiger partial charge is 0.454 e. The van der Waals surface area contributed by atoms with E-state index in [2.05, 4.69) is 9.71 Å². The number of carbonyl (C=O) groups excluding carboxylic acids is 2. The van der Waals surface area contributed by atoms with Gasteiger partial charge in [-0.2, -0.15) is 0 Å². The number of halogens is 1. The molecule has 0 amide bonds. The first-order valence-corrected chi connectivity index (χ1v) is 10.7. The van der Waals surface area contributed by atoms with Gasteiger partial charge in [0.15, 0.2) is 6.61 Å². The number of ether oxygens (including phenoxy) is 1. The van der Waals surface area contributed by atoms with Crippen LogP contribution in [0.2, 0.25) is 5.02 Å². The van der Waals surface area contributed by atoms with Crippen molar-refractivity contribution in [3.63, 3.8) is 0 Å². The van der Waals surface area contributed by atoms with E-state index in [4.69, 9.17) is 16.3 Å². The number of fused-ring (bicyclic) bond motifs is 1. The van der Waals surface area contributed by atoms with Gasteiger partial charge in [0.2, 0.25) is 15.8 Å². The van der Waals surface area contributed by atoms with Crippen LogP contribution in [0, 0.1) is 0 Å². The quantitative estimate of drug-likeness (QED) is 0.438.